The molecule has 3 aromatic heterocycles. The van der Waals surface area contributed by atoms with Gasteiger partial charge < -0.3 is 0 Å². The zero-order valence-electron chi connectivity index (χ0n) is 30.3. The number of aromatic nitrogens is 5. The van der Waals surface area contributed by atoms with Crippen molar-refractivity contribution in [1.29, 1.82) is 0 Å². The van der Waals surface area contributed by atoms with Crippen molar-refractivity contribution < 1.29 is 0 Å². The molecule has 0 fully saturated rings. The second-order valence-electron chi connectivity index (χ2n) is 13.7. The van der Waals surface area contributed by atoms with Gasteiger partial charge in [0.1, 0.15) is 0 Å². The normalized spacial score (nSPS) is 11.2. The van der Waals surface area contributed by atoms with Gasteiger partial charge in [-0.25, -0.2) is 19.9 Å². The van der Waals surface area contributed by atoms with Crippen LogP contribution in [0, 0.1) is 0 Å². The van der Waals surface area contributed by atoms with Gasteiger partial charge in [0.2, 0.25) is 0 Å². The van der Waals surface area contributed by atoms with E-state index in [-0.39, 0.29) is 0 Å². The Balaban J connectivity index is 1.09. The van der Waals surface area contributed by atoms with Gasteiger partial charge in [0.25, 0.3) is 0 Å². The first-order valence-corrected chi connectivity index (χ1v) is 18.7. The number of hydrogen-bond donors (Lipinski definition) is 0. The highest BCUT2D eigenvalue weighted by Gasteiger charge is 2.15. The Hall–Kier alpha value is -7.63. The van der Waals surface area contributed by atoms with Crippen LogP contribution in [-0.2, 0) is 0 Å². The average molecular weight is 716 g/mol. The largest absolute Gasteiger partial charge is 0.256 e. The zero-order valence-corrected chi connectivity index (χ0v) is 30.3. The van der Waals surface area contributed by atoms with E-state index in [0.29, 0.717) is 11.6 Å². The van der Waals surface area contributed by atoms with E-state index >= 15 is 0 Å². The molecule has 7 aromatic carbocycles. The predicted octanol–water partition coefficient (Wildman–Crippen LogP) is 12.6. The standard InChI is InChI=1S/C51H33N5/c1-3-15-34(16-4-1)48-43-23-7-9-26-46(43)53-50(55-48)38-21-13-19-36(29-38)40-31-41(33-42(32-40)45-25-11-12-28-52-45)37-20-14-22-39(30-37)51-54-47-27-10-8-24-44(47)49(56-51)35-17-5-2-6-18-35/h1-33H. The number of nitrogens with zero attached hydrogens (tertiary/aromatic N) is 5. The van der Waals surface area contributed by atoms with Crippen molar-refractivity contribution in [3.8, 4) is 78.8 Å². The van der Waals surface area contributed by atoms with Crippen LogP contribution in [0.5, 0.6) is 0 Å². The van der Waals surface area contributed by atoms with Gasteiger partial charge in [-0.15, -0.1) is 0 Å². The summed E-state index contributed by atoms with van der Waals surface area (Å²) < 4.78 is 0. The van der Waals surface area contributed by atoms with E-state index in [1.165, 1.54) is 0 Å². The Kier molecular flexibility index (Phi) is 8.43. The summed E-state index contributed by atoms with van der Waals surface area (Å²) in [5.74, 6) is 1.37. The molecule has 0 N–H and O–H groups in total. The van der Waals surface area contributed by atoms with Crippen LogP contribution in [0.1, 0.15) is 0 Å². The Morgan fingerprint density at radius 3 is 1.18 bits per heavy atom. The van der Waals surface area contributed by atoms with Gasteiger partial charge in [0.15, 0.2) is 11.6 Å². The van der Waals surface area contributed by atoms with Crippen LogP contribution in [0.15, 0.2) is 200 Å². The number of pyridine rings is 1. The Morgan fingerprint density at radius 2 is 0.679 bits per heavy atom. The first-order valence-electron chi connectivity index (χ1n) is 18.7. The third kappa shape index (κ3) is 6.37. The van der Waals surface area contributed by atoms with Crippen molar-refractivity contribution >= 4 is 21.8 Å². The molecule has 0 unspecified atom stereocenters. The third-order valence-corrected chi connectivity index (χ3v) is 10.1. The van der Waals surface area contributed by atoms with Crippen LogP contribution in [-0.4, -0.2) is 24.9 Å². The van der Waals surface area contributed by atoms with E-state index in [1.54, 1.807) is 0 Å². The molecule has 0 aliphatic heterocycles. The molecule has 0 aliphatic carbocycles. The molecule has 5 heteroatoms. The second kappa shape index (κ2) is 14.3. The number of para-hydroxylation sites is 2. The van der Waals surface area contributed by atoms with Crippen molar-refractivity contribution in [3.63, 3.8) is 0 Å². The van der Waals surface area contributed by atoms with Crippen molar-refractivity contribution in [2.24, 2.45) is 0 Å². The molecule has 0 saturated carbocycles. The molecule has 56 heavy (non-hydrogen) atoms. The molecule has 10 rings (SSSR count). The summed E-state index contributed by atoms with van der Waals surface area (Å²) in [6, 6.07) is 66.8. The van der Waals surface area contributed by atoms with E-state index in [4.69, 9.17) is 24.9 Å². The van der Waals surface area contributed by atoms with Crippen LogP contribution in [0.3, 0.4) is 0 Å². The van der Waals surface area contributed by atoms with Crippen LogP contribution in [0.2, 0.25) is 0 Å². The van der Waals surface area contributed by atoms with Gasteiger partial charge in [-0.1, -0.05) is 140 Å². The molecule has 0 bridgehead atoms. The first kappa shape index (κ1) is 33.0. The average Bonchev–Trinajstić information content (AvgIpc) is 3.29. The van der Waals surface area contributed by atoms with Gasteiger partial charge in [0.05, 0.1) is 28.1 Å². The lowest BCUT2D eigenvalue weighted by atomic mass is 9.93. The molecule has 0 radical (unpaired) electrons. The van der Waals surface area contributed by atoms with Crippen LogP contribution in [0.25, 0.3) is 101 Å². The van der Waals surface area contributed by atoms with Gasteiger partial charge in [-0.3, -0.25) is 4.98 Å². The van der Waals surface area contributed by atoms with Gasteiger partial charge in [-0.2, -0.15) is 0 Å². The molecule has 0 spiro atoms. The van der Waals surface area contributed by atoms with Crippen molar-refractivity contribution in [3.05, 3.63) is 200 Å². The molecule has 10 aromatic rings. The summed E-state index contributed by atoms with van der Waals surface area (Å²) in [4.78, 5) is 25.1. The maximum Gasteiger partial charge on any atom is 0.160 e. The fraction of sp³-hybridized carbons (Fsp3) is 0. The number of hydrogen-bond acceptors (Lipinski definition) is 5. The SMILES string of the molecule is c1ccc(-c2nc(-c3cccc(-c4cc(-c5cccc(-c6nc(-c7ccccc7)c7ccccc7n6)c5)cc(-c5ccccn5)c4)c3)nc3ccccc23)cc1. The van der Waals surface area contributed by atoms with Gasteiger partial charge >= 0.3 is 0 Å². The Labute approximate surface area is 324 Å². The van der Waals surface area contributed by atoms with Crippen LogP contribution < -0.4 is 0 Å². The maximum atomic E-state index is 5.16. The molecule has 0 atom stereocenters. The smallest absolute Gasteiger partial charge is 0.160 e. The molecule has 5 nitrogen and oxygen atoms in total. The highest BCUT2D eigenvalue weighted by atomic mass is 14.9. The summed E-state index contributed by atoms with van der Waals surface area (Å²) in [5, 5.41) is 2.05. The monoisotopic (exact) mass is 715 g/mol. The van der Waals surface area contributed by atoms with E-state index in [2.05, 4.69) is 121 Å². The lowest BCUT2D eigenvalue weighted by Gasteiger charge is -2.13. The maximum absolute atomic E-state index is 5.16. The number of benzene rings is 7. The minimum absolute atomic E-state index is 0.684. The molecule has 0 aliphatic rings. The van der Waals surface area contributed by atoms with Crippen molar-refractivity contribution in [2.45, 2.75) is 0 Å². The van der Waals surface area contributed by atoms with Gasteiger partial charge in [-0.05, 0) is 76.9 Å². The summed E-state index contributed by atoms with van der Waals surface area (Å²) in [5.41, 5.74) is 13.8. The molecule has 3 heterocycles. The van der Waals surface area contributed by atoms with Gasteiger partial charge in [0, 0.05) is 44.8 Å². The topological polar surface area (TPSA) is 64.5 Å². The first-order chi connectivity index (χ1) is 27.7. The lowest BCUT2D eigenvalue weighted by molar-refractivity contribution is 1.23. The van der Waals surface area contributed by atoms with E-state index in [1.807, 2.05) is 79.0 Å². The zero-order chi connectivity index (χ0) is 37.3. The van der Waals surface area contributed by atoms with Crippen molar-refractivity contribution in [1.82, 2.24) is 24.9 Å². The summed E-state index contributed by atoms with van der Waals surface area (Å²) in [6.45, 7) is 0. The van der Waals surface area contributed by atoms with E-state index < -0.39 is 0 Å². The molecule has 262 valence electrons. The fourth-order valence-corrected chi connectivity index (χ4v) is 7.36. The fourth-order valence-electron chi connectivity index (χ4n) is 7.36. The number of rotatable bonds is 7. The Bertz CT molecular complexity index is 2830. The molecular weight excluding hydrogens is 683 g/mol. The summed E-state index contributed by atoms with van der Waals surface area (Å²) in [7, 11) is 0. The van der Waals surface area contributed by atoms with E-state index in [9.17, 15) is 0 Å². The highest BCUT2D eigenvalue weighted by Crippen LogP contribution is 2.36. The van der Waals surface area contributed by atoms with E-state index in [0.717, 1.165) is 89.0 Å². The minimum Gasteiger partial charge on any atom is -0.256 e. The molecule has 0 saturated heterocycles. The van der Waals surface area contributed by atoms with Crippen LogP contribution >= 0.6 is 0 Å². The number of fused-ring (bicyclic) bond motifs is 2. The van der Waals surface area contributed by atoms with Crippen molar-refractivity contribution in [2.75, 3.05) is 0 Å². The summed E-state index contributed by atoms with van der Waals surface area (Å²) >= 11 is 0. The third-order valence-electron chi connectivity index (χ3n) is 10.1. The predicted molar refractivity (Wildman–Crippen MR) is 228 cm³/mol. The Morgan fingerprint density at radius 1 is 0.268 bits per heavy atom. The highest BCUT2D eigenvalue weighted by molar-refractivity contribution is 5.95. The second-order valence-corrected chi connectivity index (χ2v) is 13.7. The van der Waals surface area contributed by atoms with Crippen LogP contribution in [0.4, 0.5) is 0 Å². The molecular formula is C51H33N5. The minimum atomic E-state index is 0.684. The molecule has 0 amide bonds. The summed E-state index contributed by atoms with van der Waals surface area (Å²) in [6.07, 6.45) is 1.84. The lowest BCUT2D eigenvalue weighted by Crippen LogP contribution is -1.96. The quantitative estimate of drug-likeness (QED) is 0.164.